The number of urea groups is 1. The predicted octanol–water partition coefficient (Wildman–Crippen LogP) is 0.674. The van der Waals surface area contributed by atoms with Crippen LogP contribution in [-0.2, 0) is 14.3 Å². The summed E-state index contributed by atoms with van der Waals surface area (Å²) in [5, 5.41) is 12.6. The minimum atomic E-state index is -0.781. The summed E-state index contributed by atoms with van der Waals surface area (Å²) in [7, 11) is 0. The number of carbonyl (C=O) groups is 2. The van der Waals surface area contributed by atoms with Crippen molar-refractivity contribution in [3.8, 4) is 0 Å². The summed E-state index contributed by atoms with van der Waals surface area (Å²) in [6.07, 6.45) is 7.15. The van der Waals surface area contributed by atoms with E-state index in [1.54, 1.807) is 6.21 Å². The van der Waals surface area contributed by atoms with E-state index >= 15 is 0 Å². The Kier molecular flexibility index (Phi) is 13.7. The first-order chi connectivity index (χ1) is 14.0. The molecule has 10 heteroatoms. The largest absolute Gasteiger partial charge is 1.00 e. The zero-order valence-electron chi connectivity index (χ0n) is 18.3. The van der Waals surface area contributed by atoms with Crippen molar-refractivity contribution in [3.05, 3.63) is 42.5 Å². The number of nitrogens with one attached hydrogen (secondary N) is 2. The van der Waals surface area contributed by atoms with Crippen molar-refractivity contribution < 1.29 is 55.2 Å². The number of hydrogen-bond donors (Lipinski definition) is 3. The van der Waals surface area contributed by atoms with Gasteiger partial charge in [-0.2, -0.15) is 5.10 Å². The van der Waals surface area contributed by atoms with Gasteiger partial charge in [0.1, 0.15) is 6.10 Å². The number of aliphatic carboxylic acids is 1. The number of unbranched alkanes of at least 4 members (excludes halogenated alkanes) is 1. The molecule has 0 radical (unpaired) electrons. The van der Waals surface area contributed by atoms with Crippen molar-refractivity contribution in [2.75, 3.05) is 6.61 Å². The van der Waals surface area contributed by atoms with Gasteiger partial charge in [0, 0.05) is 17.2 Å². The van der Waals surface area contributed by atoms with E-state index in [0.29, 0.717) is 19.4 Å². The molecule has 1 aliphatic rings. The van der Waals surface area contributed by atoms with Crippen LogP contribution in [0, 0.1) is 5.92 Å². The van der Waals surface area contributed by atoms with Gasteiger partial charge in [-0.1, -0.05) is 30.4 Å². The summed E-state index contributed by atoms with van der Waals surface area (Å²) in [5.41, 5.74) is 2.43. The standard InChI is InChI=1S/C20H27N3O5S.Na.H/c1-15-27-14-16(9-5-2-3-8-12-19(24)25)18(28-15)13-21-22-20(26)23-29-17-10-6-4-7-11-17;;/h2,4-7,10-11,13,15-16,18H,3,8-9,12,14H2,1H3,(H,24,25)(H2,22,23,26);;/q;+1;-1/b5-2-,21-13+;;/t15-,16+,18+;;/m1../s1. The number of nitrogens with zero attached hydrogens (tertiary/aromatic N) is 1. The maximum atomic E-state index is 11.8. The smallest absolute Gasteiger partial charge is 1.00 e. The third-order valence-electron chi connectivity index (χ3n) is 4.12. The molecule has 0 spiro atoms. The molecule has 1 aliphatic heterocycles. The number of ether oxygens (including phenoxy) is 2. The average Bonchev–Trinajstić information content (AvgIpc) is 2.71. The molecule has 0 saturated carbocycles. The van der Waals surface area contributed by atoms with Gasteiger partial charge in [0.15, 0.2) is 6.29 Å². The number of rotatable bonds is 10. The Morgan fingerprint density at radius 1 is 1.33 bits per heavy atom. The molecule has 0 aromatic heterocycles. The molecule has 0 bridgehead atoms. The molecule has 1 aromatic carbocycles. The second kappa shape index (κ2) is 15.4. The first-order valence-electron chi connectivity index (χ1n) is 9.49. The Bertz CT molecular complexity index is 711. The fraction of sp³-hybridized carbons (Fsp3) is 0.450. The van der Waals surface area contributed by atoms with Gasteiger partial charge in [-0.15, -0.1) is 0 Å². The number of benzene rings is 1. The second-order valence-electron chi connectivity index (χ2n) is 6.49. The van der Waals surface area contributed by atoms with E-state index < -0.39 is 12.0 Å². The van der Waals surface area contributed by atoms with Gasteiger partial charge in [-0.3, -0.25) is 9.52 Å². The van der Waals surface area contributed by atoms with Gasteiger partial charge < -0.3 is 16.0 Å². The molecule has 2 rings (SSSR count). The zero-order chi connectivity index (χ0) is 20.9. The molecule has 1 heterocycles. The van der Waals surface area contributed by atoms with Crippen molar-refractivity contribution in [2.24, 2.45) is 11.0 Å². The summed E-state index contributed by atoms with van der Waals surface area (Å²) in [6, 6.07) is 9.06. The molecule has 8 nitrogen and oxygen atoms in total. The summed E-state index contributed by atoms with van der Waals surface area (Å²) in [5.74, 6) is -0.717. The predicted molar refractivity (Wildman–Crippen MR) is 113 cm³/mol. The average molecular weight is 446 g/mol. The molecular weight excluding hydrogens is 417 g/mol. The van der Waals surface area contributed by atoms with Crippen LogP contribution in [0.25, 0.3) is 0 Å². The molecular formula is C20H28N3NaO5S. The van der Waals surface area contributed by atoms with Gasteiger partial charge >= 0.3 is 41.6 Å². The Morgan fingerprint density at radius 2 is 2.10 bits per heavy atom. The Balaban J connectivity index is 0.00000450. The van der Waals surface area contributed by atoms with E-state index in [0.717, 1.165) is 11.3 Å². The van der Waals surface area contributed by atoms with Crippen molar-refractivity contribution >= 4 is 30.2 Å². The van der Waals surface area contributed by atoms with E-state index in [4.69, 9.17) is 14.6 Å². The molecule has 3 N–H and O–H groups in total. The topological polar surface area (TPSA) is 109 Å². The van der Waals surface area contributed by atoms with E-state index in [1.807, 2.05) is 49.4 Å². The van der Waals surface area contributed by atoms with Crippen LogP contribution in [0.5, 0.6) is 0 Å². The van der Waals surface area contributed by atoms with Crippen LogP contribution in [0.4, 0.5) is 4.79 Å². The Labute approximate surface area is 204 Å². The number of hydrogen-bond acceptors (Lipinski definition) is 6. The fourth-order valence-electron chi connectivity index (χ4n) is 2.63. The van der Waals surface area contributed by atoms with Crippen molar-refractivity contribution in [2.45, 2.75) is 49.9 Å². The Morgan fingerprint density at radius 3 is 2.83 bits per heavy atom. The van der Waals surface area contributed by atoms with E-state index in [1.165, 1.54) is 11.9 Å². The number of hydrazone groups is 1. The van der Waals surface area contributed by atoms with Crippen LogP contribution in [0.15, 0.2) is 52.5 Å². The third kappa shape index (κ3) is 11.1. The number of allylic oxidation sites excluding steroid dienone is 2. The van der Waals surface area contributed by atoms with Gasteiger partial charge in [0.2, 0.25) is 0 Å². The quantitative estimate of drug-likeness (QED) is 0.122. The minimum Gasteiger partial charge on any atom is -1.00 e. The number of carbonyl (C=O) groups excluding carboxylic acids is 1. The van der Waals surface area contributed by atoms with Crippen LogP contribution in [0.2, 0.25) is 0 Å². The summed E-state index contributed by atoms with van der Waals surface area (Å²) in [4.78, 5) is 23.3. The summed E-state index contributed by atoms with van der Waals surface area (Å²) < 4.78 is 14.0. The molecule has 30 heavy (non-hydrogen) atoms. The molecule has 3 atom stereocenters. The Hall–Kier alpha value is -1.36. The van der Waals surface area contributed by atoms with Gasteiger partial charge in [0.25, 0.3) is 0 Å². The van der Waals surface area contributed by atoms with Crippen LogP contribution < -0.4 is 39.7 Å². The maximum Gasteiger partial charge on any atom is 1.00 e. The van der Waals surface area contributed by atoms with E-state index in [2.05, 4.69) is 15.2 Å². The number of amides is 2. The van der Waals surface area contributed by atoms with Crippen LogP contribution in [-0.4, -0.2) is 42.3 Å². The maximum absolute atomic E-state index is 11.8. The van der Waals surface area contributed by atoms with Gasteiger partial charge in [-0.25, -0.2) is 10.2 Å². The molecule has 0 unspecified atom stereocenters. The fourth-order valence-corrected chi connectivity index (χ4v) is 3.18. The monoisotopic (exact) mass is 445 g/mol. The van der Waals surface area contributed by atoms with Crippen LogP contribution in [0.3, 0.4) is 0 Å². The first-order valence-corrected chi connectivity index (χ1v) is 10.3. The number of carboxylic acids is 1. The molecule has 2 amide bonds. The van der Waals surface area contributed by atoms with Crippen molar-refractivity contribution in [3.63, 3.8) is 0 Å². The normalized spacial score (nSPS) is 21.3. The van der Waals surface area contributed by atoms with E-state index in [-0.39, 0.29) is 55.7 Å². The zero-order valence-corrected chi connectivity index (χ0v) is 20.1. The summed E-state index contributed by atoms with van der Waals surface area (Å²) in [6.45, 7) is 2.34. The van der Waals surface area contributed by atoms with Crippen LogP contribution >= 0.6 is 11.9 Å². The summed E-state index contributed by atoms with van der Waals surface area (Å²) >= 11 is 1.20. The van der Waals surface area contributed by atoms with Gasteiger partial charge in [0.05, 0.1) is 12.8 Å². The first kappa shape index (κ1) is 26.7. The third-order valence-corrected chi connectivity index (χ3v) is 4.91. The van der Waals surface area contributed by atoms with Crippen molar-refractivity contribution in [1.29, 1.82) is 0 Å². The van der Waals surface area contributed by atoms with Crippen LogP contribution in [0.1, 0.15) is 34.0 Å². The molecule has 160 valence electrons. The second-order valence-corrected chi connectivity index (χ2v) is 7.37. The van der Waals surface area contributed by atoms with E-state index in [9.17, 15) is 9.59 Å². The molecule has 1 fully saturated rings. The number of carboxylic acid groups (broad SMARTS) is 1. The minimum absolute atomic E-state index is 0. The van der Waals surface area contributed by atoms with Gasteiger partial charge in [-0.05, 0) is 50.3 Å². The van der Waals surface area contributed by atoms with Crippen molar-refractivity contribution in [1.82, 2.24) is 10.1 Å². The SMILES string of the molecule is C[C@@H]1OC[C@H](C/C=C\CCCC(=O)O)[C@H](/C=N/NC(=O)NSc2ccccc2)O1.[H-].[Na+]. The molecule has 1 saturated heterocycles. The molecule has 1 aromatic rings. The molecule has 0 aliphatic carbocycles.